The molecule has 0 unspecified atom stereocenters. The summed E-state index contributed by atoms with van der Waals surface area (Å²) in [6.45, 7) is 13.6. The quantitative estimate of drug-likeness (QED) is 0.0410. The number of carbonyl (C=O) groups excluding carboxylic acids is 3. The Kier molecular flexibility index (Phi) is 34.4. The topological polar surface area (TPSA) is 187 Å². The van der Waals surface area contributed by atoms with Crippen LogP contribution in [-0.2, 0) is 54.6 Å². The van der Waals surface area contributed by atoms with E-state index in [-0.39, 0.29) is 63.6 Å². The summed E-state index contributed by atoms with van der Waals surface area (Å²) in [7, 11) is 0. The van der Waals surface area contributed by atoms with Crippen molar-refractivity contribution < 1.29 is 74.3 Å². The number of phenolic OH excluding ortho intramolecular Hbond substituents is 2. The monoisotopic (exact) mass is 1620 g/mol. The summed E-state index contributed by atoms with van der Waals surface area (Å²) >= 11 is 4.87. The zero-order valence-corrected chi connectivity index (χ0v) is 57.1. The van der Waals surface area contributed by atoms with Crippen LogP contribution in [0.4, 0.5) is 0 Å². The molecule has 0 spiro atoms. The van der Waals surface area contributed by atoms with E-state index >= 15 is 0 Å². The molecule has 0 radical (unpaired) electrons. The normalized spacial score (nSPS) is 9.55. The van der Waals surface area contributed by atoms with Crippen LogP contribution in [0.3, 0.4) is 0 Å². The molecule has 16 heteroatoms. The molecule has 2 N–H and O–H groups in total. The second-order valence-corrected chi connectivity index (χ2v) is 19.8. The molecule has 0 saturated carbocycles. The molecule has 0 bridgehead atoms. The Morgan fingerprint density at radius 1 is 0.383 bits per heavy atom. The number of benzene rings is 6. The van der Waals surface area contributed by atoms with Crippen LogP contribution in [0.2, 0.25) is 0 Å². The number of carbonyl (C=O) groups is 3. The van der Waals surface area contributed by atoms with Gasteiger partial charge in [0.2, 0.25) is 5.24 Å². The van der Waals surface area contributed by atoms with Gasteiger partial charge in [-0.3, -0.25) is 9.59 Å². The van der Waals surface area contributed by atoms with Crippen molar-refractivity contribution in [3.8, 4) is 90.5 Å². The molecule has 0 amide bonds. The van der Waals surface area contributed by atoms with Gasteiger partial charge in [0.05, 0.1) is 5.92 Å². The molecule has 472 valence electrons. The maximum Gasteiger partial charge on any atom is 3.00 e. The van der Waals surface area contributed by atoms with Gasteiger partial charge in [-0.1, -0.05) is 99.8 Å². The standard InChI is InChI=1S/C15H14NO2.C15H12NO2.2C11H8NO.2C11H8N.C4H5ClO.2Ir/c2*1-11(2)15(17)18-13-8-6-12(7-9-13)14-5-3-4-10-16-14;2*13-10-6-4-9(5-7-10)11-3-1-2-8-12-11;2*1-2-6-10(7-3-1)11-8-4-5-9-12-11;1-3(2)4(5)6;;/h3-6,8-11H,1-2H3;3-6,8-10H,1H2,2H3;2*1-4,6-8,13H;2*1-6,8-9H;1H2,2H3;;/q6*-1;;2*+3. The fourth-order valence-corrected chi connectivity index (χ4v) is 7.08. The third-order valence-corrected chi connectivity index (χ3v) is 12.1. The van der Waals surface area contributed by atoms with Crippen LogP contribution in [0, 0.1) is 42.3 Å². The van der Waals surface area contributed by atoms with Crippen molar-refractivity contribution in [3.63, 3.8) is 0 Å². The third kappa shape index (κ3) is 27.9. The van der Waals surface area contributed by atoms with Crippen LogP contribution in [0.5, 0.6) is 23.0 Å². The number of halogens is 1. The van der Waals surface area contributed by atoms with Crippen molar-refractivity contribution in [1.82, 2.24) is 29.9 Å². The average molecular weight is 1620 g/mol. The van der Waals surface area contributed by atoms with E-state index in [0.29, 0.717) is 22.6 Å². The second kappa shape index (κ2) is 42.5. The summed E-state index contributed by atoms with van der Waals surface area (Å²) in [5, 5.41) is 17.6. The number of nitrogens with zero attached hydrogens (tertiary/aromatic N) is 6. The van der Waals surface area contributed by atoms with Crippen LogP contribution < -0.4 is 9.47 Å². The predicted molar refractivity (Wildman–Crippen MR) is 361 cm³/mol. The molecule has 12 rings (SSSR count). The molecule has 13 nitrogen and oxygen atoms in total. The number of aromatic hydroxyl groups is 2. The molecule has 94 heavy (non-hydrogen) atoms. The van der Waals surface area contributed by atoms with E-state index in [1.54, 1.807) is 113 Å². The number of ether oxygens (including phenoxy) is 2. The van der Waals surface area contributed by atoms with E-state index in [2.05, 4.69) is 79.5 Å². The van der Waals surface area contributed by atoms with Gasteiger partial charge in [-0.15, -0.1) is 191 Å². The molecule has 0 atom stereocenters. The molecular weight excluding hydrogens is 1550 g/mol. The van der Waals surface area contributed by atoms with Crippen molar-refractivity contribution in [1.29, 1.82) is 0 Å². The van der Waals surface area contributed by atoms with Gasteiger partial charge in [-0.2, -0.15) is 0 Å². The van der Waals surface area contributed by atoms with E-state index in [9.17, 15) is 14.4 Å². The summed E-state index contributed by atoms with van der Waals surface area (Å²) in [5.74, 6) is 0.582. The van der Waals surface area contributed by atoms with E-state index < -0.39 is 11.2 Å². The number of hydrogen-bond acceptors (Lipinski definition) is 13. The number of aromatic nitrogens is 6. The van der Waals surface area contributed by atoms with E-state index in [1.807, 2.05) is 170 Å². The summed E-state index contributed by atoms with van der Waals surface area (Å²) in [6, 6.07) is 88.6. The molecule has 0 saturated heterocycles. The largest absolute Gasteiger partial charge is 3.00 e. The molecule has 0 fully saturated rings. The molecule has 6 aromatic heterocycles. The first-order valence-corrected chi connectivity index (χ1v) is 28.8. The van der Waals surface area contributed by atoms with Gasteiger partial charge in [0.25, 0.3) is 0 Å². The molecule has 0 aliphatic carbocycles. The van der Waals surface area contributed by atoms with Crippen LogP contribution in [0.25, 0.3) is 67.5 Å². The molecule has 6 heterocycles. The van der Waals surface area contributed by atoms with Crippen LogP contribution >= 0.6 is 11.6 Å². The minimum absolute atomic E-state index is 0. The molecule has 12 aromatic rings. The Hall–Kier alpha value is -10.5. The minimum atomic E-state index is -0.463. The average Bonchev–Trinajstić information content (AvgIpc) is 1.30. The maximum atomic E-state index is 11.4. The summed E-state index contributed by atoms with van der Waals surface area (Å²) < 4.78 is 10.3. The number of rotatable bonds is 11. The number of pyridine rings is 6. The van der Waals surface area contributed by atoms with Crippen LogP contribution in [0.1, 0.15) is 27.7 Å². The van der Waals surface area contributed by atoms with Crippen molar-refractivity contribution >= 4 is 28.8 Å². The fraction of sp³-hybridized carbons (Fsp3) is 0.0641. The first-order valence-electron chi connectivity index (χ1n) is 28.4. The van der Waals surface area contributed by atoms with Crippen molar-refractivity contribution in [2.24, 2.45) is 5.92 Å². The summed E-state index contributed by atoms with van der Waals surface area (Å²) in [5.41, 5.74) is 11.7. The second-order valence-electron chi connectivity index (χ2n) is 19.4. The van der Waals surface area contributed by atoms with Gasteiger partial charge in [0.1, 0.15) is 0 Å². The van der Waals surface area contributed by atoms with Crippen LogP contribution in [0.15, 0.2) is 292 Å². The minimum Gasteiger partial charge on any atom is -0.551 e. The van der Waals surface area contributed by atoms with Crippen LogP contribution in [-0.4, -0.2) is 57.3 Å². The SMILES string of the molecule is C=C(C)C(=O)Cl.C=C(C)C(=O)Oc1c[c-]c(-c2ccccn2)cc1.CC(C)C(=O)Oc1c[c-]c(-c2ccccn2)cc1.Oc1c[c-]c(-c2ccccn2)cc1.Oc1c[c-]c(-c2ccccn2)cc1.[Ir+3].[Ir+3].[c-]1ccccc1-c1ccccn1.[c-]1ccccc1-c1ccccn1. The zero-order valence-electron chi connectivity index (χ0n) is 51.6. The molecule has 6 aromatic carbocycles. The summed E-state index contributed by atoms with van der Waals surface area (Å²) in [6.07, 6.45) is 10.5. The molecule has 0 aliphatic heterocycles. The summed E-state index contributed by atoms with van der Waals surface area (Å²) in [4.78, 5) is 57.8. The van der Waals surface area contributed by atoms with Gasteiger partial charge in [0.15, 0.2) is 0 Å². The number of allylic oxidation sites excluding steroid dienone is 1. The Morgan fingerprint density at radius 2 is 0.660 bits per heavy atom. The predicted octanol–water partition coefficient (Wildman–Crippen LogP) is 17.1. The van der Waals surface area contributed by atoms with Gasteiger partial charge < -0.3 is 49.6 Å². The van der Waals surface area contributed by atoms with Crippen molar-refractivity contribution in [2.75, 3.05) is 0 Å². The van der Waals surface area contributed by atoms with Gasteiger partial charge in [0, 0.05) is 71.3 Å². The first kappa shape index (κ1) is 76.0. The van der Waals surface area contributed by atoms with Crippen molar-refractivity contribution in [3.05, 3.63) is 328 Å². The molecular formula is C78H63ClIr2N6O7. The number of hydrogen-bond donors (Lipinski definition) is 2. The zero-order chi connectivity index (χ0) is 65.7. The fourth-order valence-electron chi connectivity index (χ4n) is 7.08. The van der Waals surface area contributed by atoms with E-state index in [0.717, 1.165) is 67.5 Å². The first-order chi connectivity index (χ1) is 44.6. The Morgan fingerprint density at radius 3 is 0.872 bits per heavy atom. The third-order valence-electron chi connectivity index (χ3n) is 11.8. The van der Waals surface area contributed by atoms with Crippen molar-refractivity contribution in [2.45, 2.75) is 27.7 Å². The smallest absolute Gasteiger partial charge is 0.551 e. The number of esters is 2. The van der Waals surface area contributed by atoms with Gasteiger partial charge in [-0.25, -0.2) is 4.79 Å². The van der Waals surface area contributed by atoms with Gasteiger partial charge >= 0.3 is 52.1 Å². The van der Waals surface area contributed by atoms with E-state index in [1.165, 1.54) is 12.1 Å². The maximum absolute atomic E-state index is 11.4. The number of phenols is 2. The Bertz CT molecular complexity index is 3860. The Labute approximate surface area is 581 Å². The van der Waals surface area contributed by atoms with Gasteiger partial charge in [-0.05, 0) is 96.0 Å². The Balaban J connectivity index is 0.000000237. The van der Waals surface area contributed by atoms with E-state index in [4.69, 9.17) is 31.3 Å². The molecule has 0 aliphatic rings.